The van der Waals surface area contributed by atoms with Gasteiger partial charge in [0.1, 0.15) is 11.9 Å². The number of aryl methyl sites for hydroxylation is 1. The van der Waals surface area contributed by atoms with Crippen LogP contribution in [0.4, 0.5) is 5.95 Å². The molecule has 0 N–H and O–H groups in total. The van der Waals surface area contributed by atoms with Gasteiger partial charge < -0.3 is 0 Å². The highest BCUT2D eigenvalue weighted by atomic mass is 15.3. The minimum absolute atomic E-state index is 0.0357. The Labute approximate surface area is 241 Å². The summed E-state index contributed by atoms with van der Waals surface area (Å²) >= 11 is 0. The predicted molar refractivity (Wildman–Crippen MR) is 172 cm³/mol. The number of benzene rings is 3. The third-order valence-electron chi connectivity index (χ3n) is 8.53. The summed E-state index contributed by atoms with van der Waals surface area (Å²) in [4.78, 5) is 2.57. The summed E-state index contributed by atoms with van der Waals surface area (Å²) in [6, 6.07) is 24.6. The highest BCUT2D eigenvalue weighted by Crippen LogP contribution is 2.39. The van der Waals surface area contributed by atoms with Crippen LogP contribution in [0.15, 0.2) is 79.1 Å². The number of aromatic nitrogens is 2. The van der Waals surface area contributed by atoms with E-state index in [2.05, 4.69) is 162 Å². The second-order valence-corrected chi connectivity index (χ2v) is 13.1. The molecule has 206 valence electrons. The second-order valence-electron chi connectivity index (χ2n) is 13.1. The maximum absolute atomic E-state index is 2.57. The van der Waals surface area contributed by atoms with E-state index in [0.717, 1.165) is 0 Å². The van der Waals surface area contributed by atoms with E-state index in [9.17, 15) is 0 Å². The molecule has 0 unspecified atom stereocenters. The highest BCUT2D eigenvalue weighted by Gasteiger charge is 2.42. The molecule has 5 rings (SSSR count). The van der Waals surface area contributed by atoms with Crippen LogP contribution in [-0.4, -0.2) is 11.4 Å². The summed E-state index contributed by atoms with van der Waals surface area (Å²) in [7, 11) is 2.19. The van der Waals surface area contributed by atoms with Gasteiger partial charge in [-0.2, -0.15) is 0 Å². The van der Waals surface area contributed by atoms with Gasteiger partial charge >= 0.3 is 12.8 Å². The number of hydrogen-bond acceptors (Lipinski definition) is 1. The minimum Gasteiger partial charge on any atom is -0.287 e. The maximum atomic E-state index is 2.57. The van der Waals surface area contributed by atoms with E-state index in [1.807, 2.05) is 0 Å². The van der Waals surface area contributed by atoms with Crippen LogP contribution in [0.25, 0.3) is 28.0 Å². The van der Waals surface area contributed by atoms with E-state index in [4.69, 9.17) is 0 Å². The number of rotatable bonds is 5. The molecule has 0 fully saturated rings. The maximum Gasteiger partial charge on any atom is 0.370 e. The number of imidazole rings is 1. The first-order valence-corrected chi connectivity index (χ1v) is 14.8. The first kappa shape index (κ1) is 28.0. The van der Waals surface area contributed by atoms with Gasteiger partial charge in [-0.05, 0) is 76.1 Å². The van der Waals surface area contributed by atoms with Gasteiger partial charge in [-0.1, -0.05) is 103 Å². The zero-order valence-electron chi connectivity index (χ0n) is 26.1. The molecule has 0 aliphatic carbocycles. The molecule has 3 nitrogen and oxygen atoms in total. The van der Waals surface area contributed by atoms with Crippen molar-refractivity contribution >= 4 is 24.0 Å². The van der Waals surface area contributed by atoms with Crippen molar-refractivity contribution in [1.82, 2.24) is 4.57 Å². The Hall–Kier alpha value is -3.53. The van der Waals surface area contributed by atoms with Gasteiger partial charge in [0, 0.05) is 5.22 Å². The number of fused-ring (bicyclic) bond motifs is 1. The lowest BCUT2D eigenvalue weighted by molar-refractivity contribution is -0.656. The lowest BCUT2D eigenvalue weighted by atomic mass is 9.47. The van der Waals surface area contributed by atoms with Gasteiger partial charge in [0.2, 0.25) is 0 Å². The van der Waals surface area contributed by atoms with Gasteiger partial charge in [-0.25, -0.2) is 9.13 Å². The molecular weight excluding hydrogens is 485 g/mol. The van der Waals surface area contributed by atoms with Crippen LogP contribution in [0.1, 0.15) is 78.4 Å². The van der Waals surface area contributed by atoms with Crippen molar-refractivity contribution in [3.63, 3.8) is 0 Å². The Morgan fingerprint density at radius 3 is 1.88 bits per heavy atom. The fraction of sp³-hybridized carbons (Fsp3) is 0.361. The van der Waals surface area contributed by atoms with Crippen molar-refractivity contribution in [3.05, 3.63) is 101 Å². The molecule has 0 saturated heterocycles. The molecule has 0 spiro atoms. The van der Waals surface area contributed by atoms with Gasteiger partial charge in [0.25, 0.3) is 0 Å². The van der Waals surface area contributed by atoms with Gasteiger partial charge in [-0.15, -0.1) is 0 Å². The standard InChI is InChI=1S/C36H45BN3/c1-24(2)31-22-28(27-16-12-11-13-17-27)23-32(25(3)4)33(31)39-21-20-38(10)35(39)40-26(5)29-18-14-15-19-30(29)34(37(40)9)36(6,7)8/h11-25H,1-10H3/q+1. The molecule has 4 aromatic rings. The molecule has 4 heteroatoms. The fourth-order valence-electron chi connectivity index (χ4n) is 6.73. The third-order valence-corrected chi connectivity index (χ3v) is 8.53. The van der Waals surface area contributed by atoms with Crippen LogP contribution in [0, 0.1) is 5.41 Å². The van der Waals surface area contributed by atoms with Crippen LogP contribution >= 0.6 is 0 Å². The Kier molecular flexibility index (Phi) is 7.33. The first-order chi connectivity index (χ1) is 18.9. The number of hydrogen-bond donors (Lipinski definition) is 0. The van der Waals surface area contributed by atoms with E-state index < -0.39 is 0 Å². The average Bonchev–Trinajstić information content (AvgIpc) is 3.28. The Morgan fingerprint density at radius 2 is 1.32 bits per heavy atom. The summed E-state index contributed by atoms with van der Waals surface area (Å²) < 4.78 is 4.77. The average molecular weight is 531 g/mol. The molecular formula is C36H45BN3+. The SMILES string of the molecule is CB1C(C(C)(C)C)=c2ccccc2=C(C)N1c1n(-c2c(C(C)C)cc(-c3ccccc3)cc2C(C)C)cc[n+]1C. The zero-order valence-corrected chi connectivity index (χ0v) is 26.1. The monoisotopic (exact) mass is 530 g/mol. The molecule has 1 aliphatic rings. The Morgan fingerprint density at radius 1 is 0.775 bits per heavy atom. The quantitative estimate of drug-likeness (QED) is 0.196. The summed E-state index contributed by atoms with van der Waals surface area (Å²) in [5.74, 6) is 1.94. The zero-order chi connectivity index (χ0) is 28.9. The van der Waals surface area contributed by atoms with Crippen molar-refractivity contribution < 1.29 is 4.57 Å². The summed E-state index contributed by atoms with van der Waals surface area (Å²) in [5, 5.41) is 2.71. The van der Waals surface area contributed by atoms with Crippen LogP contribution in [0.5, 0.6) is 0 Å². The van der Waals surface area contributed by atoms with Crippen LogP contribution in [-0.2, 0) is 7.05 Å². The molecule has 0 bridgehead atoms. The molecule has 0 amide bonds. The molecule has 2 heterocycles. The third kappa shape index (κ3) is 4.72. The van der Waals surface area contributed by atoms with E-state index in [0.29, 0.717) is 11.8 Å². The molecule has 0 saturated carbocycles. The molecule has 1 aromatic heterocycles. The molecule has 40 heavy (non-hydrogen) atoms. The van der Waals surface area contributed by atoms with E-state index in [1.165, 1.54) is 55.5 Å². The van der Waals surface area contributed by atoms with Crippen molar-refractivity contribution in [2.75, 3.05) is 4.81 Å². The van der Waals surface area contributed by atoms with Crippen LogP contribution in [0.3, 0.4) is 0 Å². The largest absolute Gasteiger partial charge is 0.370 e. The Bertz CT molecular complexity index is 1640. The normalized spacial score (nSPS) is 14.0. The first-order valence-electron chi connectivity index (χ1n) is 14.8. The summed E-state index contributed by atoms with van der Waals surface area (Å²) in [6.07, 6.45) is 4.48. The molecule has 0 radical (unpaired) electrons. The highest BCUT2D eigenvalue weighted by molar-refractivity contribution is 6.81. The second kappa shape index (κ2) is 10.5. The molecule has 0 atom stereocenters. The van der Waals surface area contributed by atoms with Crippen molar-refractivity contribution in [3.8, 4) is 16.8 Å². The number of nitrogens with zero attached hydrogens (tertiary/aromatic N) is 3. The van der Waals surface area contributed by atoms with Crippen molar-refractivity contribution in [2.24, 2.45) is 12.5 Å². The summed E-state index contributed by atoms with van der Waals surface area (Å²) in [6.45, 7) is 21.2. The van der Waals surface area contributed by atoms with Gasteiger partial charge in [-0.3, -0.25) is 4.81 Å². The van der Waals surface area contributed by atoms with E-state index >= 15 is 0 Å². The van der Waals surface area contributed by atoms with Crippen LogP contribution in [0.2, 0.25) is 6.82 Å². The van der Waals surface area contributed by atoms with Gasteiger partial charge in [0.05, 0.1) is 18.9 Å². The summed E-state index contributed by atoms with van der Waals surface area (Å²) in [5.41, 5.74) is 9.45. The van der Waals surface area contributed by atoms with Gasteiger partial charge in [0.15, 0.2) is 0 Å². The van der Waals surface area contributed by atoms with Crippen molar-refractivity contribution in [2.45, 2.75) is 74.0 Å². The fourth-order valence-corrected chi connectivity index (χ4v) is 6.73. The smallest absolute Gasteiger partial charge is 0.287 e. The number of anilines is 1. The molecule has 1 aliphatic heterocycles. The molecule has 3 aromatic carbocycles. The van der Waals surface area contributed by atoms with E-state index in [1.54, 1.807) is 0 Å². The Balaban J connectivity index is 1.82. The predicted octanol–water partition coefficient (Wildman–Crippen LogP) is 7.22. The minimum atomic E-state index is 0.0357. The van der Waals surface area contributed by atoms with E-state index in [-0.39, 0.29) is 12.3 Å². The topological polar surface area (TPSA) is 12.1 Å². The lowest BCUT2D eigenvalue weighted by Gasteiger charge is -2.35. The van der Waals surface area contributed by atoms with Crippen LogP contribution < -0.4 is 19.8 Å². The van der Waals surface area contributed by atoms with Crippen molar-refractivity contribution in [1.29, 1.82) is 0 Å². The lowest BCUT2D eigenvalue weighted by Crippen LogP contribution is -2.55.